The molecular formula is C21H27N5O4S. The first-order chi connectivity index (χ1) is 14.9. The molecule has 10 heteroatoms. The molecule has 1 saturated heterocycles. The molecule has 31 heavy (non-hydrogen) atoms. The van der Waals surface area contributed by atoms with Gasteiger partial charge >= 0.3 is 0 Å². The smallest absolute Gasteiger partial charge is 0.230 e. The lowest BCUT2D eigenvalue weighted by atomic mass is 10.0. The third-order valence-electron chi connectivity index (χ3n) is 5.48. The minimum atomic E-state index is -0.229. The summed E-state index contributed by atoms with van der Waals surface area (Å²) in [5, 5.41) is 15.3. The number of aryl methyl sites for hydroxylation is 1. The monoisotopic (exact) mass is 445 g/mol. The molecule has 1 aliphatic heterocycles. The van der Waals surface area contributed by atoms with Crippen LogP contribution >= 0.6 is 11.3 Å². The number of aromatic hydroxyl groups is 1. The average molecular weight is 446 g/mol. The summed E-state index contributed by atoms with van der Waals surface area (Å²) in [6.07, 6.45) is 0. The second-order valence-electron chi connectivity index (χ2n) is 7.43. The number of nitrogens with zero attached hydrogens (tertiary/aromatic N) is 5. The number of hydrogen-bond acceptors (Lipinski definition) is 8. The Labute approximate surface area is 184 Å². The van der Waals surface area contributed by atoms with Gasteiger partial charge in [-0.25, -0.2) is 4.98 Å². The van der Waals surface area contributed by atoms with E-state index >= 15 is 0 Å². The first-order valence-electron chi connectivity index (χ1n) is 10.3. The van der Waals surface area contributed by atoms with Crippen molar-refractivity contribution in [3.05, 3.63) is 34.5 Å². The summed E-state index contributed by atoms with van der Waals surface area (Å²) in [4.78, 5) is 21.7. The lowest BCUT2D eigenvalue weighted by Crippen LogP contribution is -2.49. The Balaban J connectivity index is 1.77. The molecule has 4 rings (SSSR count). The van der Waals surface area contributed by atoms with Crippen molar-refractivity contribution in [3.63, 3.8) is 0 Å². The van der Waals surface area contributed by atoms with Crippen molar-refractivity contribution in [2.75, 3.05) is 39.9 Å². The van der Waals surface area contributed by atoms with Gasteiger partial charge in [0.05, 0.1) is 24.6 Å². The van der Waals surface area contributed by atoms with Crippen molar-refractivity contribution in [2.24, 2.45) is 0 Å². The first kappa shape index (κ1) is 21.4. The maximum absolute atomic E-state index is 11.8. The number of aromatic nitrogens is 3. The van der Waals surface area contributed by atoms with Crippen LogP contribution in [0.25, 0.3) is 4.96 Å². The number of carbonyl (C=O) groups excluding carboxylic acids is 1. The molecule has 3 aromatic rings. The fourth-order valence-corrected chi connectivity index (χ4v) is 5.14. The zero-order valence-electron chi connectivity index (χ0n) is 18.2. The van der Waals surface area contributed by atoms with E-state index in [1.165, 1.54) is 15.9 Å². The normalized spacial score (nSPS) is 15.9. The number of benzene rings is 1. The van der Waals surface area contributed by atoms with Gasteiger partial charge in [-0.1, -0.05) is 17.4 Å². The van der Waals surface area contributed by atoms with E-state index in [-0.39, 0.29) is 17.8 Å². The molecule has 1 atom stereocenters. The summed E-state index contributed by atoms with van der Waals surface area (Å²) < 4.78 is 12.7. The molecule has 0 radical (unpaired) electrons. The van der Waals surface area contributed by atoms with E-state index in [1.54, 1.807) is 21.0 Å². The summed E-state index contributed by atoms with van der Waals surface area (Å²) in [5.74, 6) is 2.10. The molecule has 0 spiro atoms. The maximum atomic E-state index is 11.8. The summed E-state index contributed by atoms with van der Waals surface area (Å²) in [6, 6.07) is 5.62. The van der Waals surface area contributed by atoms with Crippen LogP contribution < -0.4 is 9.47 Å². The molecule has 9 nitrogen and oxygen atoms in total. The topological polar surface area (TPSA) is 92.4 Å². The van der Waals surface area contributed by atoms with E-state index in [4.69, 9.17) is 9.47 Å². The van der Waals surface area contributed by atoms with Gasteiger partial charge in [0.25, 0.3) is 0 Å². The number of rotatable bonds is 6. The molecule has 1 aromatic carbocycles. The lowest BCUT2D eigenvalue weighted by Gasteiger charge is -2.38. The zero-order valence-corrected chi connectivity index (χ0v) is 19.0. The second-order valence-corrected chi connectivity index (χ2v) is 8.44. The minimum absolute atomic E-state index is 0.0797. The predicted octanol–water partition coefficient (Wildman–Crippen LogP) is 2.47. The van der Waals surface area contributed by atoms with E-state index < -0.39 is 0 Å². The third-order valence-corrected chi connectivity index (χ3v) is 6.55. The second kappa shape index (κ2) is 8.72. The number of hydrogen-bond donors (Lipinski definition) is 1. The van der Waals surface area contributed by atoms with Crippen LogP contribution in [0.1, 0.15) is 36.2 Å². The fraction of sp³-hybridized carbons (Fsp3) is 0.476. The highest BCUT2D eigenvalue weighted by Gasteiger charge is 2.32. The Bertz CT molecular complexity index is 1090. The van der Waals surface area contributed by atoms with Crippen LogP contribution in [0.5, 0.6) is 17.4 Å². The number of piperazine rings is 1. The van der Waals surface area contributed by atoms with E-state index in [2.05, 4.69) is 15.0 Å². The van der Waals surface area contributed by atoms with Crippen molar-refractivity contribution in [1.29, 1.82) is 0 Å². The zero-order chi connectivity index (χ0) is 22.1. The summed E-state index contributed by atoms with van der Waals surface area (Å²) in [5.41, 5.74) is 0.966. The molecule has 1 amide bonds. The SMILES string of the molecule is CCOc1ccc([C@@H](c2sc3nc(C)nn3c2O)N2CCN(C(C)=O)CC2)cc1OC. The highest BCUT2D eigenvalue weighted by atomic mass is 32.1. The Morgan fingerprint density at radius 1 is 1.26 bits per heavy atom. The molecule has 166 valence electrons. The standard InChI is InChI=1S/C21H27N5O4S/c1-5-30-16-7-6-15(12-17(16)29-4)18(25-10-8-24(9-11-25)14(3)27)19-20(28)26-21(31-19)22-13(2)23-26/h6-7,12,18,28H,5,8-11H2,1-4H3/t18-/m0/s1. The van der Waals surface area contributed by atoms with Crippen molar-refractivity contribution < 1.29 is 19.4 Å². The Hall–Kier alpha value is -2.85. The van der Waals surface area contributed by atoms with Gasteiger partial charge < -0.3 is 19.5 Å². The number of methoxy groups -OCH3 is 1. The van der Waals surface area contributed by atoms with E-state index in [0.29, 0.717) is 55.1 Å². The van der Waals surface area contributed by atoms with E-state index in [0.717, 1.165) is 10.4 Å². The fourth-order valence-electron chi connectivity index (χ4n) is 3.98. The Kier molecular flexibility index (Phi) is 6.01. The van der Waals surface area contributed by atoms with Gasteiger partial charge in [-0.2, -0.15) is 4.52 Å². The Morgan fingerprint density at radius 3 is 2.61 bits per heavy atom. The van der Waals surface area contributed by atoms with E-state index in [1.807, 2.05) is 30.0 Å². The van der Waals surface area contributed by atoms with Gasteiger partial charge in [-0.05, 0) is 31.5 Å². The highest BCUT2D eigenvalue weighted by Crippen LogP contribution is 2.42. The van der Waals surface area contributed by atoms with Crippen molar-refractivity contribution in [2.45, 2.75) is 26.8 Å². The van der Waals surface area contributed by atoms with Crippen LogP contribution in [0.4, 0.5) is 0 Å². The Morgan fingerprint density at radius 2 is 2.00 bits per heavy atom. The van der Waals surface area contributed by atoms with E-state index in [9.17, 15) is 9.90 Å². The number of carbonyl (C=O) groups is 1. The van der Waals surface area contributed by atoms with Gasteiger partial charge in [-0.3, -0.25) is 9.69 Å². The van der Waals surface area contributed by atoms with Crippen molar-refractivity contribution >= 4 is 22.2 Å². The van der Waals surface area contributed by atoms with Crippen LogP contribution in [0.15, 0.2) is 18.2 Å². The van der Waals surface area contributed by atoms with Crippen molar-refractivity contribution in [1.82, 2.24) is 24.4 Å². The molecule has 0 bridgehead atoms. The molecule has 0 unspecified atom stereocenters. The number of amides is 1. The van der Waals surface area contributed by atoms with Crippen LogP contribution in [0, 0.1) is 6.92 Å². The summed E-state index contributed by atoms with van der Waals surface area (Å²) >= 11 is 1.42. The molecular weight excluding hydrogens is 418 g/mol. The van der Waals surface area contributed by atoms with Gasteiger partial charge in [0.2, 0.25) is 16.7 Å². The van der Waals surface area contributed by atoms with Crippen LogP contribution in [-0.2, 0) is 4.79 Å². The average Bonchev–Trinajstić information content (AvgIpc) is 3.27. The molecule has 1 fully saturated rings. The van der Waals surface area contributed by atoms with Gasteiger partial charge in [-0.15, -0.1) is 5.10 Å². The van der Waals surface area contributed by atoms with Gasteiger partial charge in [0.15, 0.2) is 11.5 Å². The number of ether oxygens (including phenoxy) is 2. The van der Waals surface area contributed by atoms with Crippen LogP contribution in [0.3, 0.4) is 0 Å². The van der Waals surface area contributed by atoms with Gasteiger partial charge in [0.1, 0.15) is 5.82 Å². The first-order valence-corrected chi connectivity index (χ1v) is 11.1. The molecule has 0 aliphatic carbocycles. The quantitative estimate of drug-likeness (QED) is 0.623. The lowest BCUT2D eigenvalue weighted by molar-refractivity contribution is -0.130. The highest BCUT2D eigenvalue weighted by molar-refractivity contribution is 7.17. The minimum Gasteiger partial charge on any atom is -0.493 e. The largest absolute Gasteiger partial charge is 0.493 e. The maximum Gasteiger partial charge on any atom is 0.230 e. The van der Waals surface area contributed by atoms with Crippen molar-refractivity contribution in [3.8, 4) is 17.4 Å². The molecule has 2 aromatic heterocycles. The van der Waals surface area contributed by atoms with Gasteiger partial charge in [0, 0.05) is 33.1 Å². The molecule has 0 saturated carbocycles. The summed E-state index contributed by atoms with van der Waals surface area (Å²) in [7, 11) is 1.62. The number of fused-ring (bicyclic) bond motifs is 1. The van der Waals surface area contributed by atoms with Crippen LogP contribution in [-0.4, -0.2) is 75.3 Å². The molecule has 1 N–H and O–H groups in total. The third kappa shape index (κ3) is 4.05. The molecule has 3 heterocycles. The predicted molar refractivity (Wildman–Crippen MR) is 117 cm³/mol. The summed E-state index contributed by atoms with van der Waals surface area (Å²) in [6.45, 7) is 8.52. The molecule has 1 aliphatic rings. The van der Waals surface area contributed by atoms with Crippen LogP contribution in [0.2, 0.25) is 0 Å². The number of thiazole rings is 1.